The van der Waals surface area contributed by atoms with Crippen molar-refractivity contribution in [2.75, 3.05) is 4.90 Å². The van der Waals surface area contributed by atoms with Crippen molar-refractivity contribution >= 4 is 23.5 Å². The molecular formula is C21H21ClN4O. The van der Waals surface area contributed by atoms with E-state index in [4.69, 9.17) is 11.6 Å². The quantitative estimate of drug-likeness (QED) is 0.664. The van der Waals surface area contributed by atoms with Crippen LogP contribution in [0.15, 0.2) is 60.9 Å². The van der Waals surface area contributed by atoms with Crippen LogP contribution in [0.25, 0.3) is 0 Å². The van der Waals surface area contributed by atoms with Crippen molar-refractivity contribution < 1.29 is 4.79 Å². The van der Waals surface area contributed by atoms with E-state index < -0.39 is 0 Å². The summed E-state index contributed by atoms with van der Waals surface area (Å²) in [5, 5.41) is 5.13. The number of fused-ring (bicyclic) bond motifs is 1. The fourth-order valence-corrected chi connectivity index (χ4v) is 3.77. The first-order valence-corrected chi connectivity index (χ1v) is 9.47. The lowest BCUT2D eigenvalue weighted by Crippen LogP contribution is -2.44. The van der Waals surface area contributed by atoms with Crippen molar-refractivity contribution in [1.29, 1.82) is 0 Å². The molecule has 6 heteroatoms. The Labute approximate surface area is 163 Å². The molecule has 0 spiro atoms. The number of aromatic nitrogens is 3. The first-order valence-electron chi connectivity index (χ1n) is 9.09. The normalized spacial score (nSPS) is 19.2. The number of anilines is 1. The third kappa shape index (κ3) is 3.23. The van der Waals surface area contributed by atoms with Gasteiger partial charge in [0, 0.05) is 10.9 Å². The molecule has 1 amide bonds. The molecule has 138 valence electrons. The molecular weight excluding hydrogens is 360 g/mol. The van der Waals surface area contributed by atoms with Crippen LogP contribution >= 0.6 is 11.6 Å². The van der Waals surface area contributed by atoms with Gasteiger partial charge in [0.25, 0.3) is 0 Å². The minimum absolute atomic E-state index is 0.0128. The zero-order valence-corrected chi connectivity index (χ0v) is 16.0. The summed E-state index contributed by atoms with van der Waals surface area (Å²) in [5.41, 5.74) is 2.20. The van der Waals surface area contributed by atoms with Crippen LogP contribution in [-0.2, 0) is 4.79 Å². The predicted octanol–water partition coefficient (Wildman–Crippen LogP) is 4.65. The molecule has 1 aromatic heterocycles. The molecule has 0 N–H and O–H groups in total. The lowest BCUT2D eigenvalue weighted by Gasteiger charge is -2.39. The SMILES string of the molecule is CC(C)C(=O)N1c2ncnn2[C@H](c2ccc(Cl)cc2)C[C@@H]1c1ccccc1. The standard InChI is InChI=1S/C21H21ClN4O/c1-14(2)20(27)25-18(15-6-4-3-5-7-15)12-19(26-21(25)23-13-24-26)16-8-10-17(22)11-9-16/h3-11,13-14,18-19H,12H2,1-2H3/t18-,19+/m1/s1. The number of benzene rings is 2. The van der Waals surface area contributed by atoms with E-state index >= 15 is 0 Å². The Balaban J connectivity index is 1.84. The molecule has 2 atom stereocenters. The zero-order valence-electron chi connectivity index (χ0n) is 15.3. The summed E-state index contributed by atoms with van der Waals surface area (Å²) < 4.78 is 1.85. The van der Waals surface area contributed by atoms with Gasteiger partial charge in [-0.3, -0.25) is 9.69 Å². The highest BCUT2D eigenvalue weighted by Crippen LogP contribution is 2.42. The predicted molar refractivity (Wildman–Crippen MR) is 106 cm³/mol. The van der Waals surface area contributed by atoms with Crippen LogP contribution in [0.1, 0.15) is 43.5 Å². The number of carbonyl (C=O) groups is 1. The first kappa shape index (κ1) is 17.7. The Morgan fingerprint density at radius 2 is 1.70 bits per heavy atom. The molecule has 3 aromatic rings. The van der Waals surface area contributed by atoms with Crippen LogP contribution < -0.4 is 4.90 Å². The van der Waals surface area contributed by atoms with E-state index in [9.17, 15) is 4.79 Å². The monoisotopic (exact) mass is 380 g/mol. The largest absolute Gasteiger partial charge is 0.274 e. The molecule has 1 aliphatic rings. The maximum Gasteiger partial charge on any atom is 0.232 e. The number of hydrogen-bond donors (Lipinski definition) is 0. The van der Waals surface area contributed by atoms with Gasteiger partial charge in [-0.2, -0.15) is 10.1 Å². The van der Waals surface area contributed by atoms with Crippen LogP contribution in [0.3, 0.4) is 0 Å². The van der Waals surface area contributed by atoms with E-state index in [1.54, 1.807) is 4.90 Å². The van der Waals surface area contributed by atoms with Crippen LogP contribution in [0.5, 0.6) is 0 Å². The van der Waals surface area contributed by atoms with Crippen LogP contribution in [0.2, 0.25) is 5.02 Å². The molecule has 0 radical (unpaired) electrons. The van der Waals surface area contributed by atoms with Gasteiger partial charge in [-0.05, 0) is 29.7 Å². The van der Waals surface area contributed by atoms with E-state index in [0.29, 0.717) is 11.0 Å². The molecule has 0 unspecified atom stereocenters. The first-order chi connectivity index (χ1) is 13.1. The van der Waals surface area contributed by atoms with Gasteiger partial charge in [0.2, 0.25) is 11.9 Å². The fourth-order valence-electron chi connectivity index (χ4n) is 3.65. The molecule has 27 heavy (non-hydrogen) atoms. The molecule has 0 bridgehead atoms. The number of amides is 1. The van der Waals surface area contributed by atoms with Crippen molar-refractivity contribution in [3.63, 3.8) is 0 Å². The van der Waals surface area contributed by atoms with E-state index in [1.165, 1.54) is 6.33 Å². The number of hydrogen-bond acceptors (Lipinski definition) is 3. The maximum absolute atomic E-state index is 13.1. The van der Waals surface area contributed by atoms with Crippen LogP contribution in [0, 0.1) is 5.92 Å². The summed E-state index contributed by atoms with van der Waals surface area (Å²) in [4.78, 5) is 19.3. The minimum atomic E-state index is -0.131. The average molecular weight is 381 g/mol. The smallest absolute Gasteiger partial charge is 0.232 e. The maximum atomic E-state index is 13.1. The average Bonchev–Trinajstić information content (AvgIpc) is 3.17. The van der Waals surface area contributed by atoms with Gasteiger partial charge in [-0.1, -0.05) is 67.9 Å². The Morgan fingerprint density at radius 1 is 1.04 bits per heavy atom. The molecule has 0 aliphatic carbocycles. The Kier molecular flexibility index (Phi) is 4.70. The highest BCUT2D eigenvalue weighted by molar-refractivity contribution is 6.30. The van der Waals surface area contributed by atoms with Gasteiger partial charge in [0.1, 0.15) is 6.33 Å². The molecule has 0 saturated carbocycles. The Morgan fingerprint density at radius 3 is 2.37 bits per heavy atom. The van der Waals surface area contributed by atoms with E-state index in [1.807, 2.05) is 61.0 Å². The fraction of sp³-hybridized carbons (Fsp3) is 0.286. The summed E-state index contributed by atoms with van der Waals surface area (Å²) >= 11 is 6.07. The summed E-state index contributed by atoms with van der Waals surface area (Å²) in [6.07, 6.45) is 2.24. The molecule has 5 nitrogen and oxygen atoms in total. The van der Waals surface area contributed by atoms with Gasteiger partial charge >= 0.3 is 0 Å². The molecule has 2 heterocycles. The number of carbonyl (C=O) groups excluding carboxylic acids is 1. The zero-order chi connectivity index (χ0) is 19.0. The highest BCUT2D eigenvalue weighted by Gasteiger charge is 2.39. The van der Waals surface area contributed by atoms with Crippen molar-refractivity contribution in [3.05, 3.63) is 77.1 Å². The van der Waals surface area contributed by atoms with Crippen molar-refractivity contribution in [3.8, 4) is 0 Å². The van der Waals surface area contributed by atoms with Crippen molar-refractivity contribution in [2.24, 2.45) is 5.92 Å². The highest BCUT2D eigenvalue weighted by atomic mass is 35.5. The second-order valence-corrected chi connectivity index (χ2v) is 7.53. The molecule has 1 aliphatic heterocycles. The van der Waals surface area contributed by atoms with Gasteiger partial charge in [-0.25, -0.2) is 4.68 Å². The molecule has 2 aromatic carbocycles. The summed E-state index contributed by atoms with van der Waals surface area (Å²) in [6.45, 7) is 3.83. The van der Waals surface area contributed by atoms with Gasteiger partial charge < -0.3 is 0 Å². The Hall–Kier alpha value is -2.66. The third-order valence-electron chi connectivity index (χ3n) is 4.99. The lowest BCUT2D eigenvalue weighted by molar-refractivity contribution is -0.122. The van der Waals surface area contributed by atoms with E-state index in [0.717, 1.165) is 17.5 Å². The number of rotatable bonds is 3. The van der Waals surface area contributed by atoms with Gasteiger partial charge in [0.05, 0.1) is 12.1 Å². The van der Waals surface area contributed by atoms with Crippen LogP contribution in [0.4, 0.5) is 5.95 Å². The lowest BCUT2D eigenvalue weighted by atomic mass is 9.91. The van der Waals surface area contributed by atoms with E-state index in [2.05, 4.69) is 22.2 Å². The molecule has 0 fully saturated rings. The minimum Gasteiger partial charge on any atom is -0.274 e. The van der Waals surface area contributed by atoms with Crippen molar-refractivity contribution in [1.82, 2.24) is 14.8 Å². The van der Waals surface area contributed by atoms with Crippen molar-refractivity contribution in [2.45, 2.75) is 32.4 Å². The second kappa shape index (κ2) is 7.16. The number of halogens is 1. The summed E-state index contributed by atoms with van der Waals surface area (Å²) in [6, 6.07) is 17.8. The van der Waals surface area contributed by atoms with Crippen LogP contribution in [-0.4, -0.2) is 20.7 Å². The topological polar surface area (TPSA) is 51.0 Å². The molecule has 4 rings (SSSR count). The molecule has 0 saturated heterocycles. The second-order valence-electron chi connectivity index (χ2n) is 7.10. The summed E-state index contributed by atoms with van der Waals surface area (Å²) in [7, 11) is 0. The number of nitrogens with zero attached hydrogens (tertiary/aromatic N) is 4. The van der Waals surface area contributed by atoms with E-state index in [-0.39, 0.29) is 23.9 Å². The summed E-state index contributed by atoms with van der Waals surface area (Å²) in [5.74, 6) is 0.509. The van der Waals surface area contributed by atoms with Gasteiger partial charge in [-0.15, -0.1) is 0 Å². The third-order valence-corrected chi connectivity index (χ3v) is 5.25. The Bertz CT molecular complexity index is 936. The van der Waals surface area contributed by atoms with Gasteiger partial charge in [0.15, 0.2) is 0 Å².